The Hall–Kier alpha value is -2.05. The summed E-state index contributed by atoms with van der Waals surface area (Å²) in [7, 11) is 1.79. The van der Waals surface area contributed by atoms with Crippen LogP contribution in [-0.2, 0) is 7.05 Å². The van der Waals surface area contributed by atoms with E-state index in [0.29, 0.717) is 24.1 Å². The van der Waals surface area contributed by atoms with Crippen LogP contribution in [0.4, 0.5) is 4.79 Å². The number of piperidine rings is 1. The van der Waals surface area contributed by atoms with Gasteiger partial charge in [0, 0.05) is 38.9 Å². The molecule has 3 amide bonds. The molecule has 3 rings (SSSR count). The van der Waals surface area contributed by atoms with E-state index in [1.165, 1.54) is 0 Å². The summed E-state index contributed by atoms with van der Waals surface area (Å²) in [6.07, 6.45) is 7.38. The van der Waals surface area contributed by atoms with Gasteiger partial charge in [-0.25, -0.2) is 4.79 Å². The first-order valence-electron chi connectivity index (χ1n) is 7.94. The molecule has 120 valence electrons. The van der Waals surface area contributed by atoms with Gasteiger partial charge >= 0.3 is 6.03 Å². The van der Waals surface area contributed by atoms with Crippen molar-refractivity contribution >= 4 is 11.9 Å². The van der Waals surface area contributed by atoms with Crippen molar-refractivity contribution in [3.05, 3.63) is 18.0 Å². The number of carbonyl (C=O) groups excluding carboxylic acids is 2. The number of carbonyl (C=O) groups is 2. The second-order valence-electron chi connectivity index (χ2n) is 6.27. The average Bonchev–Trinajstić information content (AvgIpc) is 3.23. The lowest BCUT2D eigenvalue weighted by atomic mass is 9.97. The summed E-state index contributed by atoms with van der Waals surface area (Å²) in [5.41, 5.74) is 0.587. The minimum atomic E-state index is -0.0815. The van der Waals surface area contributed by atoms with Crippen LogP contribution in [-0.4, -0.2) is 52.3 Å². The van der Waals surface area contributed by atoms with Gasteiger partial charge in [-0.3, -0.25) is 9.48 Å². The monoisotopic (exact) mass is 305 g/mol. The van der Waals surface area contributed by atoms with E-state index in [4.69, 9.17) is 0 Å². The van der Waals surface area contributed by atoms with Crippen LogP contribution < -0.4 is 10.6 Å². The molecule has 0 atom stereocenters. The number of hydrogen-bond acceptors (Lipinski definition) is 3. The lowest BCUT2D eigenvalue weighted by Gasteiger charge is -2.32. The van der Waals surface area contributed by atoms with Crippen LogP contribution in [0, 0.1) is 5.92 Å². The van der Waals surface area contributed by atoms with Crippen molar-refractivity contribution in [2.24, 2.45) is 13.0 Å². The van der Waals surface area contributed by atoms with E-state index in [1.54, 1.807) is 24.1 Å². The first-order chi connectivity index (χ1) is 10.6. The molecule has 1 aliphatic carbocycles. The van der Waals surface area contributed by atoms with Gasteiger partial charge in [0.15, 0.2) is 0 Å². The van der Waals surface area contributed by atoms with Crippen LogP contribution in [0.5, 0.6) is 0 Å². The van der Waals surface area contributed by atoms with Gasteiger partial charge in [-0.05, 0) is 31.6 Å². The molecule has 0 aromatic carbocycles. The number of nitrogens with zero attached hydrogens (tertiary/aromatic N) is 3. The van der Waals surface area contributed by atoms with Crippen molar-refractivity contribution in [3.8, 4) is 0 Å². The van der Waals surface area contributed by atoms with Crippen molar-refractivity contribution in [2.45, 2.75) is 31.7 Å². The Labute approximate surface area is 130 Å². The minimum Gasteiger partial charge on any atom is -0.352 e. The van der Waals surface area contributed by atoms with Crippen molar-refractivity contribution in [1.29, 1.82) is 0 Å². The lowest BCUT2D eigenvalue weighted by Crippen LogP contribution is -2.46. The molecule has 1 saturated carbocycles. The zero-order valence-corrected chi connectivity index (χ0v) is 12.9. The van der Waals surface area contributed by atoms with Crippen molar-refractivity contribution in [3.63, 3.8) is 0 Å². The molecule has 2 N–H and O–H groups in total. The fourth-order valence-corrected chi connectivity index (χ4v) is 2.71. The zero-order valence-electron chi connectivity index (χ0n) is 12.9. The lowest BCUT2D eigenvalue weighted by molar-refractivity contribution is 0.0937. The first kappa shape index (κ1) is 14.9. The van der Waals surface area contributed by atoms with Crippen molar-refractivity contribution < 1.29 is 9.59 Å². The molecule has 0 radical (unpaired) electrons. The van der Waals surface area contributed by atoms with Gasteiger partial charge in [-0.15, -0.1) is 0 Å². The number of nitrogens with one attached hydrogen (secondary N) is 2. The number of urea groups is 1. The molecule has 0 bridgehead atoms. The van der Waals surface area contributed by atoms with Gasteiger partial charge in [0.1, 0.15) is 0 Å². The van der Waals surface area contributed by atoms with E-state index in [-0.39, 0.29) is 11.9 Å². The van der Waals surface area contributed by atoms with Gasteiger partial charge in [-0.1, -0.05) is 0 Å². The summed E-state index contributed by atoms with van der Waals surface area (Å²) in [4.78, 5) is 25.8. The third kappa shape index (κ3) is 3.78. The Bertz CT molecular complexity index is 544. The van der Waals surface area contributed by atoms with E-state index in [2.05, 4.69) is 15.7 Å². The minimum absolute atomic E-state index is 0.0698. The molecule has 2 aliphatic rings. The van der Waals surface area contributed by atoms with E-state index >= 15 is 0 Å². The van der Waals surface area contributed by atoms with E-state index in [1.807, 2.05) is 4.90 Å². The summed E-state index contributed by atoms with van der Waals surface area (Å²) >= 11 is 0. The SMILES string of the molecule is Cn1cc(C(=O)NCC2CCN(C(=O)NC3CC3)CC2)cn1. The van der Waals surface area contributed by atoms with Crippen LogP contribution in [0.2, 0.25) is 0 Å². The number of aromatic nitrogens is 2. The van der Waals surface area contributed by atoms with Crippen LogP contribution in [0.3, 0.4) is 0 Å². The quantitative estimate of drug-likeness (QED) is 0.861. The molecule has 0 unspecified atom stereocenters. The molecule has 1 aromatic rings. The Morgan fingerprint density at radius 3 is 2.59 bits per heavy atom. The fraction of sp³-hybridized carbons (Fsp3) is 0.667. The number of hydrogen-bond donors (Lipinski definition) is 2. The maximum Gasteiger partial charge on any atom is 0.317 e. The Kier molecular flexibility index (Phi) is 4.31. The smallest absolute Gasteiger partial charge is 0.317 e. The highest BCUT2D eigenvalue weighted by molar-refractivity contribution is 5.93. The molecule has 7 heteroatoms. The maximum atomic E-state index is 12.0. The summed E-state index contributed by atoms with van der Waals surface area (Å²) in [6, 6.07) is 0.476. The fourth-order valence-electron chi connectivity index (χ4n) is 2.71. The van der Waals surface area contributed by atoms with Gasteiger partial charge in [0.2, 0.25) is 0 Å². The van der Waals surface area contributed by atoms with Crippen molar-refractivity contribution in [2.75, 3.05) is 19.6 Å². The van der Waals surface area contributed by atoms with Crippen LogP contribution in [0.15, 0.2) is 12.4 Å². The Balaban J connectivity index is 1.38. The van der Waals surface area contributed by atoms with Crippen LogP contribution in [0.1, 0.15) is 36.0 Å². The Morgan fingerprint density at radius 1 is 1.27 bits per heavy atom. The van der Waals surface area contributed by atoms with E-state index in [9.17, 15) is 9.59 Å². The van der Waals surface area contributed by atoms with Gasteiger partial charge in [0.25, 0.3) is 5.91 Å². The topological polar surface area (TPSA) is 79.3 Å². The van der Waals surface area contributed by atoms with E-state index < -0.39 is 0 Å². The largest absolute Gasteiger partial charge is 0.352 e. The molecule has 22 heavy (non-hydrogen) atoms. The molecule has 1 saturated heterocycles. The second-order valence-corrected chi connectivity index (χ2v) is 6.27. The third-order valence-electron chi connectivity index (χ3n) is 4.33. The normalized spacial score (nSPS) is 19.0. The second kappa shape index (κ2) is 6.37. The number of amides is 3. The van der Waals surface area contributed by atoms with Crippen molar-refractivity contribution in [1.82, 2.24) is 25.3 Å². The zero-order chi connectivity index (χ0) is 15.5. The predicted octanol–water partition coefficient (Wildman–Crippen LogP) is 0.734. The van der Waals surface area contributed by atoms with Gasteiger partial charge in [-0.2, -0.15) is 5.10 Å². The van der Waals surface area contributed by atoms with Gasteiger partial charge in [0.05, 0.1) is 11.8 Å². The Morgan fingerprint density at radius 2 is 2.00 bits per heavy atom. The van der Waals surface area contributed by atoms with Crippen LogP contribution in [0.25, 0.3) is 0 Å². The summed E-state index contributed by atoms with van der Waals surface area (Å²) in [5, 5.41) is 9.97. The molecule has 2 fully saturated rings. The predicted molar refractivity (Wildman–Crippen MR) is 81.4 cm³/mol. The third-order valence-corrected chi connectivity index (χ3v) is 4.33. The first-order valence-corrected chi connectivity index (χ1v) is 7.94. The highest BCUT2D eigenvalue weighted by Crippen LogP contribution is 2.21. The van der Waals surface area contributed by atoms with Crippen LogP contribution >= 0.6 is 0 Å². The summed E-state index contributed by atoms with van der Waals surface area (Å²) < 4.78 is 1.62. The molecular weight excluding hydrogens is 282 g/mol. The molecular formula is C15H23N5O2. The van der Waals surface area contributed by atoms with Gasteiger partial charge < -0.3 is 15.5 Å². The highest BCUT2D eigenvalue weighted by atomic mass is 16.2. The summed E-state index contributed by atoms with van der Waals surface area (Å²) in [5.74, 6) is 0.354. The molecule has 1 aromatic heterocycles. The molecule has 1 aliphatic heterocycles. The number of aryl methyl sites for hydroxylation is 1. The standard InChI is InChI=1S/C15H23N5O2/c1-19-10-12(9-17-19)14(21)16-8-11-4-6-20(7-5-11)15(22)18-13-2-3-13/h9-11,13H,2-8H2,1H3,(H,16,21)(H,18,22). The van der Waals surface area contributed by atoms with E-state index in [0.717, 1.165) is 38.8 Å². The molecule has 0 spiro atoms. The maximum absolute atomic E-state index is 12.0. The number of rotatable bonds is 4. The average molecular weight is 305 g/mol. The summed E-state index contributed by atoms with van der Waals surface area (Å²) in [6.45, 7) is 2.20. The molecule has 7 nitrogen and oxygen atoms in total. The molecule has 2 heterocycles. The number of likely N-dealkylation sites (tertiary alicyclic amines) is 1. The highest BCUT2D eigenvalue weighted by Gasteiger charge is 2.28.